The number of rotatable bonds is 3. The van der Waals surface area contributed by atoms with Gasteiger partial charge in [0.05, 0.1) is 0 Å². The molecule has 0 nitrogen and oxygen atoms in total. The topological polar surface area (TPSA) is 0 Å². The third kappa shape index (κ3) is 2.36. The van der Waals surface area contributed by atoms with Crippen LogP contribution in [0.15, 0.2) is 0 Å². The standard InChI is InChI=1S/C8H15ClSi/c1-4-10(5-2,6-3)8-7-9/h4-6H2,1-3H3. The van der Waals surface area contributed by atoms with Gasteiger partial charge in [0.2, 0.25) is 0 Å². The summed E-state index contributed by atoms with van der Waals surface area (Å²) < 4.78 is 0. The quantitative estimate of drug-likeness (QED) is 0.455. The zero-order valence-corrected chi connectivity index (χ0v) is 8.76. The fourth-order valence-electron chi connectivity index (χ4n) is 1.12. The smallest absolute Gasteiger partial charge is 0.114 e. The molecule has 0 N–H and O–H groups in total. The lowest BCUT2D eigenvalue weighted by atomic mass is 10.9. The Kier molecular flexibility index (Phi) is 4.85. The van der Waals surface area contributed by atoms with Gasteiger partial charge in [-0.05, 0) is 35.1 Å². The van der Waals surface area contributed by atoms with Crippen LogP contribution >= 0.6 is 11.6 Å². The molecule has 0 aliphatic carbocycles. The summed E-state index contributed by atoms with van der Waals surface area (Å²) in [6.07, 6.45) is 0. The fraction of sp³-hybridized carbons (Fsp3) is 0.750. The summed E-state index contributed by atoms with van der Waals surface area (Å²) in [6, 6.07) is 3.71. The maximum Gasteiger partial charge on any atom is 0.139 e. The Labute approximate surface area is 70.0 Å². The van der Waals surface area contributed by atoms with Crippen LogP contribution in [0.2, 0.25) is 18.1 Å². The van der Waals surface area contributed by atoms with Crippen molar-refractivity contribution in [1.82, 2.24) is 0 Å². The minimum absolute atomic E-state index is 1.21. The summed E-state index contributed by atoms with van der Waals surface area (Å²) in [5.41, 5.74) is 3.20. The highest BCUT2D eigenvalue weighted by molar-refractivity contribution is 6.87. The Balaban J connectivity index is 4.25. The second kappa shape index (κ2) is 4.82. The van der Waals surface area contributed by atoms with Crippen molar-refractivity contribution >= 4 is 19.7 Å². The van der Waals surface area contributed by atoms with E-state index in [-0.39, 0.29) is 0 Å². The van der Waals surface area contributed by atoms with Gasteiger partial charge >= 0.3 is 0 Å². The van der Waals surface area contributed by atoms with Crippen LogP contribution in [0.1, 0.15) is 20.8 Å². The van der Waals surface area contributed by atoms with E-state index in [1.165, 1.54) is 18.1 Å². The molecule has 0 fully saturated rings. The van der Waals surface area contributed by atoms with E-state index in [0.717, 1.165) is 0 Å². The molecule has 0 rings (SSSR count). The van der Waals surface area contributed by atoms with Crippen LogP contribution in [-0.2, 0) is 0 Å². The predicted molar refractivity (Wildman–Crippen MR) is 50.8 cm³/mol. The predicted octanol–water partition coefficient (Wildman–Crippen LogP) is 3.23. The summed E-state index contributed by atoms with van der Waals surface area (Å²) in [6.45, 7) is 6.67. The summed E-state index contributed by atoms with van der Waals surface area (Å²) in [4.78, 5) is 0. The molecule has 0 saturated carbocycles. The summed E-state index contributed by atoms with van der Waals surface area (Å²) in [5.74, 6) is 0. The van der Waals surface area contributed by atoms with E-state index in [9.17, 15) is 0 Å². The minimum atomic E-state index is -1.21. The van der Waals surface area contributed by atoms with Crippen LogP contribution in [-0.4, -0.2) is 8.07 Å². The molecule has 0 heterocycles. The van der Waals surface area contributed by atoms with Crippen molar-refractivity contribution in [3.8, 4) is 10.9 Å². The maximum atomic E-state index is 5.40. The highest BCUT2D eigenvalue weighted by atomic mass is 35.5. The molecule has 0 saturated heterocycles. The van der Waals surface area contributed by atoms with Crippen LogP contribution in [0.5, 0.6) is 0 Å². The Morgan fingerprint density at radius 1 is 1.10 bits per heavy atom. The molecule has 0 aliphatic heterocycles. The Morgan fingerprint density at radius 2 is 1.50 bits per heavy atom. The second-order valence-electron chi connectivity index (χ2n) is 2.56. The molecular weight excluding hydrogens is 160 g/mol. The highest BCUT2D eigenvalue weighted by Gasteiger charge is 2.23. The summed E-state index contributed by atoms with van der Waals surface area (Å²) in [5, 5.41) is 2.55. The van der Waals surface area contributed by atoms with Crippen molar-refractivity contribution in [2.75, 3.05) is 0 Å². The van der Waals surface area contributed by atoms with Crippen molar-refractivity contribution < 1.29 is 0 Å². The van der Waals surface area contributed by atoms with Crippen molar-refractivity contribution in [3.63, 3.8) is 0 Å². The molecule has 0 aromatic heterocycles. The first-order chi connectivity index (χ1) is 4.74. The first-order valence-electron chi connectivity index (χ1n) is 3.87. The third-order valence-corrected chi connectivity index (χ3v) is 7.31. The van der Waals surface area contributed by atoms with Crippen LogP contribution in [0.4, 0.5) is 0 Å². The van der Waals surface area contributed by atoms with Gasteiger partial charge in [-0.2, -0.15) is 0 Å². The van der Waals surface area contributed by atoms with Crippen LogP contribution in [0.3, 0.4) is 0 Å². The molecule has 0 radical (unpaired) electrons. The van der Waals surface area contributed by atoms with E-state index in [2.05, 4.69) is 31.7 Å². The highest BCUT2D eigenvalue weighted by Crippen LogP contribution is 2.18. The van der Waals surface area contributed by atoms with Gasteiger partial charge in [0.15, 0.2) is 0 Å². The Hall–Kier alpha value is 0.0669. The Morgan fingerprint density at radius 3 is 1.60 bits per heavy atom. The molecule has 0 aliphatic rings. The SMILES string of the molecule is CC[Si](C#CCl)(CC)CC. The zero-order chi connectivity index (χ0) is 8.04. The van der Waals surface area contributed by atoms with Crippen molar-refractivity contribution in [2.45, 2.75) is 38.9 Å². The van der Waals surface area contributed by atoms with E-state index in [4.69, 9.17) is 11.6 Å². The van der Waals surface area contributed by atoms with Gasteiger partial charge in [0, 0.05) is 0 Å². The molecule has 10 heavy (non-hydrogen) atoms. The Bertz CT molecular complexity index is 131. The lowest BCUT2D eigenvalue weighted by molar-refractivity contribution is 1.20. The number of halogens is 1. The van der Waals surface area contributed by atoms with Crippen molar-refractivity contribution in [2.24, 2.45) is 0 Å². The first kappa shape index (κ1) is 10.1. The van der Waals surface area contributed by atoms with Gasteiger partial charge in [0.1, 0.15) is 8.07 Å². The van der Waals surface area contributed by atoms with Gasteiger partial charge in [-0.3, -0.25) is 0 Å². The van der Waals surface area contributed by atoms with Crippen LogP contribution < -0.4 is 0 Å². The molecule has 0 spiro atoms. The molecule has 0 aromatic rings. The molecular formula is C8H15ClSi. The molecule has 0 aromatic carbocycles. The zero-order valence-electron chi connectivity index (χ0n) is 7.00. The lowest BCUT2D eigenvalue weighted by Crippen LogP contribution is -2.29. The molecule has 0 bridgehead atoms. The average Bonchev–Trinajstić information content (AvgIpc) is 2.01. The van der Waals surface area contributed by atoms with Gasteiger partial charge in [-0.15, -0.1) is 5.54 Å². The first-order valence-corrected chi connectivity index (χ1v) is 6.87. The van der Waals surface area contributed by atoms with Crippen molar-refractivity contribution in [3.05, 3.63) is 0 Å². The average molecular weight is 175 g/mol. The molecule has 58 valence electrons. The number of hydrogen-bond acceptors (Lipinski definition) is 0. The van der Waals surface area contributed by atoms with Crippen LogP contribution in [0, 0.1) is 10.9 Å². The van der Waals surface area contributed by atoms with E-state index >= 15 is 0 Å². The largest absolute Gasteiger partial charge is 0.139 e. The molecule has 2 heteroatoms. The molecule has 0 unspecified atom stereocenters. The lowest BCUT2D eigenvalue weighted by Gasteiger charge is -2.19. The fourth-order valence-corrected chi connectivity index (χ4v) is 3.95. The van der Waals surface area contributed by atoms with E-state index in [0.29, 0.717) is 0 Å². The van der Waals surface area contributed by atoms with E-state index in [1.807, 2.05) is 0 Å². The summed E-state index contributed by atoms with van der Waals surface area (Å²) >= 11 is 5.40. The van der Waals surface area contributed by atoms with Crippen LogP contribution in [0.25, 0.3) is 0 Å². The van der Waals surface area contributed by atoms with E-state index < -0.39 is 8.07 Å². The van der Waals surface area contributed by atoms with E-state index in [1.54, 1.807) is 0 Å². The van der Waals surface area contributed by atoms with Gasteiger partial charge in [0.25, 0.3) is 0 Å². The summed E-state index contributed by atoms with van der Waals surface area (Å²) in [7, 11) is -1.21. The normalized spacial score (nSPS) is 10.4. The van der Waals surface area contributed by atoms with Gasteiger partial charge < -0.3 is 0 Å². The minimum Gasteiger partial charge on any atom is -0.114 e. The third-order valence-electron chi connectivity index (χ3n) is 2.34. The second-order valence-corrected chi connectivity index (χ2v) is 7.68. The number of hydrogen-bond donors (Lipinski definition) is 0. The van der Waals surface area contributed by atoms with Gasteiger partial charge in [-0.25, -0.2) is 0 Å². The molecule has 0 atom stereocenters. The van der Waals surface area contributed by atoms with Crippen molar-refractivity contribution in [1.29, 1.82) is 0 Å². The molecule has 0 amide bonds. The monoisotopic (exact) mass is 174 g/mol. The van der Waals surface area contributed by atoms with Gasteiger partial charge in [-0.1, -0.05) is 20.8 Å². The maximum absolute atomic E-state index is 5.40.